The molecule has 2 aliphatic rings. The topological polar surface area (TPSA) is 61.8 Å². The van der Waals surface area contributed by atoms with Crippen LogP contribution < -0.4 is 5.43 Å². The van der Waals surface area contributed by atoms with Crippen LogP contribution in [0.15, 0.2) is 29.3 Å². The van der Waals surface area contributed by atoms with Gasteiger partial charge in [-0.05, 0) is 11.6 Å². The molecule has 1 N–H and O–H groups in total. The van der Waals surface area contributed by atoms with Crippen molar-refractivity contribution in [1.82, 2.24) is 10.4 Å². The Kier molecular flexibility index (Phi) is 3.81. The van der Waals surface area contributed by atoms with Crippen LogP contribution in [-0.2, 0) is 9.84 Å². The highest BCUT2D eigenvalue weighted by atomic mass is 35.5. The molecule has 126 valence electrons. The number of hydrogen-bond donors (Lipinski definition) is 1. The van der Waals surface area contributed by atoms with Crippen molar-refractivity contribution in [3.63, 3.8) is 0 Å². The molecule has 2 heterocycles. The summed E-state index contributed by atoms with van der Waals surface area (Å²) in [6.45, 7) is 0. The van der Waals surface area contributed by atoms with Crippen molar-refractivity contribution in [2.45, 2.75) is 30.3 Å². The minimum atomic E-state index is -5.66. The van der Waals surface area contributed by atoms with Gasteiger partial charge in [0.15, 0.2) is 6.17 Å². The lowest BCUT2D eigenvalue weighted by molar-refractivity contribution is -0.0418. The number of fused-ring (bicyclic) bond motifs is 1. The Labute approximate surface area is 133 Å². The van der Waals surface area contributed by atoms with Gasteiger partial charge in [-0.2, -0.15) is 18.2 Å². The summed E-state index contributed by atoms with van der Waals surface area (Å²) >= 11 is 6.03. The van der Waals surface area contributed by atoms with E-state index < -0.39 is 38.9 Å². The molecule has 1 aromatic rings. The van der Waals surface area contributed by atoms with E-state index in [4.69, 9.17) is 11.6 Å². The van der Waals surface area contributed by atoms with E-state index in [2.05, 4.69) is 10.4 Å². The number of aliphatic imine (C=N–C) groups is 1. The fourth-order valence-corrected chi connectivity index (χ4v) is 3.57. The fourth-order valence-electron chi connectivity index (χ4n) is 2.62. The van der Waals surface area contributed by atoms with Gasteiger partial charge in [0, 0.05) is 11.4 Å². The van der Waals surface area contributed by atoms with Crippen molar-refractivity contribution in [1.29, 1.82) is 0 Å². The number of amidine groups is 1. The SMILES string of the molecule is O=S(=O)(C1=NC2[C@@H](F)C[C@@H](c3ccccc3Cl)N2N1)C(F)(F)F. The van der Waals surface area contributed by atoms with Gasteiger partial charge in [0.05, 0.1) is 6.04 Å². The summed E-state index contributed by atoms with van der Waals surface area (Å²) < 4.78 is 74.7. The molecule has 2 aliphatic heterocycles. The zero-order valence-electron chi connectivity index (χ0n) is 11.3. The predicted octanol–water partition coefficient (Wildman–Crippen LogP) is 2.56. The van der Waals surface area contributed by atoms with Crippen molar-refractivity contribution in [3.8, 4) is 0 Å². The highest BCUT2D eigenvalue weighted by Crippen LogP contribution is 2.42. The van der Waals surface area contributed by atoms with Crippen LogP contribution >= 0.6 is 11.6 Å². The average Bonchev–Trinajstić information content (AvgIpc) is 3.00. The second kappa shape index (κ2) is 5.32. The third kappa shape index (κ3) is 2.58. The molecule has 11 heteroatoms. The smallest absolute Gasteiger partial charge is 0.291 e. The van der Waals surface area contributed by atoms with E-state index in [1.807, 2.05) is 0 Å². The Bertz CT molecular complexity index is 768. The third-order valence-corrected chi connectivity index (χ3v) is 5.35. The first-order valence-electron chi connectivity index (χ1n) is 6.45. The summed E-state index contributed by atoms with van der Waals surface area (Å²) in [6.07, 6.45) is -3.03. The molecular formula is C12H10ClF4N3O2S. The first kappa shape index (κ1) is 16.5. The fraction of sp³-hybridized carbons (Fsp3) is 0.417. The molecule has 0 bridgehead atoms. The van der Waals surface area contributed by atoms with Crippen LogP contribution in [0.2, 0.25) is 5.02 Å². The van der Waals surface area contributed by atoms with Gasteiger partial charge in [0.1, 0.15) is 6.17 Å². The summed E-state index contributed by atoms with van der Waals surface area (Å²) in [6, 6.07) is 5.72. The lowest BCUT2D eigenvalue weighted by Crippen LogP contribution is -2.45. The lowest BCUT2D eigenvalue weighted by Gasteiger charge is -2.24. The van der Waals surface area contributed by atoms with Gasteiger partial charge >= 0.3 is 15.3 Å². The molecule has 5 nitrogen and oxygen atoms in total. The summed E-state index contributed by atoms with van der Waals surface area (Å²) in [7, 11) is -5.66. The van der Waals surface area contributed by atoms with Gasteiger partial charge in [-0.15, -0.1) is 0 Å². The van der Waals surface area contributed by atoms with Crippen LogP contribution in [0, 0.1) is 0 Å². The van der Waals surface area contributed by atoms with Crippen LogP contribution in [0.1, 0.15) is 18.0 Å². The molecule has 0 spiro atoms. The van der Waals surface area contributed by atoms with E-state index >= 15 is 0 Å². The first-order valence-corrected chi connectivity index (χ1v) is 8.31. The van der Waals surface area contributed by atoms with Crippen LogP contribution in [0.4, 0.5) is 17.6 Å². The molecule has 1 fully saturated rings. The summed E-state index contributed by atoms with van der Waals surface area (Å²) in [4.78, 5) is 3.38. The Morgan fingerprint density at radius 1 is 1.30 bits per heavy atom. The van der Waals surface area contributed by atoms with Gasteiger partial charge in [-0.3, -0.25) is 5.43 Å². The minimum Gasteiger partial charge on any atom is -0.291 e. The maximum absolute atomic E-state index is 14.1. The molecule has 0 radical (unpaired) electrons. The normalized spacial score (nSPS) is 28.4. The number of hydrazine groups is 1. The molecule has 3 atom stereocenters. The van der Waals surface area contributed by atoms with Crippen molar-refractivity contribution in [2.75, 3.05) is 0 Å². The van der Waals surface area contributed by atoms with Crippen LogP contribution in [0.3, 0.4) is 0 Å². The highest BCUT2D eigenvalue weighted by Gasteiger charge is 2.55. The second-order valence-electron chi connectivity index (χ2n) is 5.11. The molecular weight excluding hydrogens is 362 g/mol. The minimum absolute atomic E-state index is 0.0652. The molecule has 0 saturated carbocycles. The Hall–Kier alpha value is -1.39. The molecule has 0 aromatic heterocycles. The Morgan fingerprint density at radius 2 is 1.96 bits per heavy atom. The Balaban J connectivity index is 1.94. The number of nitrogens with one attached hydrogen (secondary N) is 1. The van der Waals surface area contributed by atoms with Crippen LogP contribution in [0.25, 0.3) is 0 Å². The predicted molar refractivity (Wildman–Crippen MR) is 74.9 cm³/mol. The quantitative estimate of drug-likeness (QED) is 0.771. The van der Waals surface area contributed by atoms with Crippen molar-refractivity contribution in [3.05, 3.63) is 34.9 Å². The van der Waals surface area contributed by atoms with E-state index in [9.17, 15) is 26.0 Å². The Morgan fingerprint density at radius 3 is 2.57 bits per heavy atom. The zero-order valence-corrected chi connectivity index (χ0v) is 12.8. The summed E-state index contributed by atoms with van der Waals surface area (Å²) in [5.41, 5.74) is -2.95. The number of rotatable bonds is 1. The molecule has 1 saturated heterocycles. The van der Waals surface area contributed by atoms with Gasteiger partial charge < -0.3 is 0 Å². The molecule has 1 unspecified atom stereocenters. The van der Waals surface area contributed by atoms with Crippen LogP contribution in [-0.4, -0.2) is 36.4 Å². The molecule has 23 heavy (non-hydrogen) atoms. The third-order valence-electron chi connectivity index (χ3n) is 3.69. The molecule has 1 aromatic carbocycles. The van der Waals surface area contributed by atoms with E-state index in [-0.39, 0.29) is 6.42 Å². The van der Waals surface area contributed by atoms with Gasteiger partial charge in [0.25, 0.3) is 0 Å². The number of benzene rings is 1. The van der Waals surface area contributed by atoms with Crippen molar-refractivity contribution in [2.24, 2.45) is 4.99 Å². The van der Waals surface area contributed by atoms with E-state index in [1.54, 1.807) is 24.3 Å². The van der Waals surface area contributed by atoms with Gasteiger partial charge in [-0.25, -0.2) is 17.8 Å². The van der Waals surface area contributed by atoms with Crippen molar-refractivity contribution < 1.29 is 26.0 Å². The van der Waals surface area contributed by atoms with E-state index in [1.165, 1.54) is 0 Å². The van der Waals surface area contributed by atoms with E-state index in [0.29, 0.717) is 10.6 Å². The highest BCUT2D eigenvalue weighted by molar-refractivity contribution is 8.07. The van der Waals surface area contributed by atoms with Gasteiger partial charge in [0.2, 0.25) is 5.17 Å². The number of alkyl halides is 4. The zero-order chi connectivity index (χ0) is 17.0. The molecule has 3 rings (SSSR count). The van der Waals surface area contributed by atoms with Crippen molar-refractivity contribution >= 4 is 26.6 Å². The number of sulfone groups is 1. The molecule has 0 amide bonds. The lowest BCUT2D eigenvalue weighted by atomic mass is 10.0. The standard InChI is InChI=1S/C12H10ClF4N3O2S/c13-7-4-2-1-3-6(7)9-5-8(14)10-18-11(19-20(9)10)23(21,22)12(15,16)17/h1-4,8-10H,5H2,(H,18,19)/t8-,9-,10?/m0/s1. The van der Waals surface area contributed by atoms with E-state index in [0.717, 1.165) is 5.01 Å². The summed E-state index contributed by atoms with van der Waals surface area (Å²) in [5.74, 6) is 0. The monoisotopic (exact) mass is 371 g/mol. The number of halogens is 5. The maximum Gasteiger partial charge on any atom is 0.504 e. The maximum atomic E-state index is 14.1. The molecule has 0 aliphatic carbocycles. The summed E-state index contributed by atoms with van der Waals surface area (Å²) in [5, 5.41) is 0.0681. The number of nitrogens with zero attached hydrogens (tertiary/aromatic N) is 2. The number of hydrogen-bond acceptors (Lipinski definition) is 5. The average molecular weight is 372 g/mol. The first-order chi connectivity index (χ1) is 10.6. The second-order valence-corrected chi connectivity index (χ2v) is 7.37. The van der Waals surface area contributed by atoms with Gasteiger partial charge in [-0.1, -0.05) is 29.8 Å². The van der Waals surface area contributed by atoms with Crippen LogP contribution in [0.5, 0.6) is 0 Å². The largest absolute Gasteiger partial charge is 0.504 e.